The number of halogens is 2. The Morgan fingerprint density at radius 3 is 2.74 bits per heavy atom. The zero-order valence-corrected chi connectivity index (χ0v) is 14.3. The highest BCUT2D eigenvalue weighted by molar-refractivity contribution is 9.11. The van der Waals surface area contributed by atoms with E-state index in [0.29, 0.717) is 16.9 Å². The highest BCUT2D eigenvalue weighted by Gasteiger charge is 2.20. The Labute approximate surface area is 130 Å². The van der Waals surface area contributed by atoms with Gasteiger partial charge in [-0.25, -0.2) is 13.1 Å². The van der Waals surface area contributed by atoms with Crippen LogP contribution in [-0.2, 0) is 10.0 Å². The summed E-state index contributed by atoms with van der Waals surface area (Å²) >= 11 is 6.58. The molecule has 104 valence electrons. The molecule has 3 nitrogen and oxygen atoms in total. The van der Waals surface area contributed by atoms with Gasteiger partial charge in [0, 0.05) is 15.5 Å². The lowest BCUT2D eigenvalue weighted by Gasteiger charge is -2.18. The van der Waals surface area contributed by atoms with Gasteiger partial charge in [-0.3, -0.25) is 0 Å². The first-order valence-corrected chi connectivity index (χ1v) is 9.15. The number of rotatable bonds is 4. The molecule has 0 saturated carbocycles. The van der Waals surface area contributed by atoms with Crippen molar-refractivity contribution >= 4 is 41.9 Å². The van der Waals surface area contributed by atoms with Gasteiger partial charge in [-0.15, -0.1) is 0 Å². The molecule has 1 aromatic rings. The quantitative estimate of drug-likeness (QED) is 0.769. The van der Waals surface area contributed by atoms with Gasteiger partial charge >= 0.3 is 0 Å². The third kappa shape index (κ3) is 4.15. The van der Waals surface area contributed by atoms with Crippen molar-refractivity contribution in [3.63, 3.8) is 0 Å². The van der Waals surface area contributed by atoms with Crippen LogP contribution in [0.15, 0.2) is 44.2 Å². The number of benzene rings is 1. The van der Waals surface area contributed by atoms with Crippen LogP contribution in [0.1, 0.15) is 19.3 Å². The van der Waals surface area contributed by atoms with Crippen LogP contribution in [0.5, 0.6) is 0 Å². The minimum absolute atomic E-state index is 0.272. The second kappa shape index (κ2) is 6.52. The Morgan fingerprint density at radius 1 is 1.26 bits per heavy atom. The molecule has 0 aliphatic heterocycles. The van der Waals surface area contributed by atoms with Crippen LogP contribution < -0.4 is 4.72 Å². The van der Waals surface area contributed by atoms with E-state index in [9.17, 15) is 8.42 Å². The lowest BCUT2D eigenvalue weighted by atomic mass is 9.95. The number of hydrogen-bond donors (Lipinski definition) is 1. The van der Waals surface area contributed by atoms with Gasteiger partial charge < -0.3 is 0 Å². The van der Waals surface area contributed by atoms with E-state index in [4.69, 9.17) is 0 Å². The van der Waals surface area contributed by atoms with Crippen molar-refractivity contribution in [1.29, 1.82) is 0 Å². The fraction of sp³-hybridized carbons (Fsp3) is 0.385. The standard InChI is InChI=1S/C13H15Br2NO2S/c14-11-6-7-12(15)13(8-11)19(17,18)16-9-10-4-2-1-3-5-10/h1-2,6-8,10,16H,3-5,9H2. The molecule has 1 aromatic carbocycles. The van der Waals surface area contributed by atoms with Gasteiger partial charge in [-0.2, -0.15) is 0 Å². The summed E-state index contributed by atoms with van der Waals surface area (Å²) in [5.74, 6) is 0.394. The predicted molar refractivity (Wildman–Crippen MR) is 83.5 cm³/mol. The van der Waals surface area contributed by atoms with E-state index in [2.05, 4.69) is 48.7 Å². The van der Waals surface area contributed by atoms with Gasteiger partial charge in [0.1, 0.15) is 0 Å². The molecule has 0 fully saturated rings. The van der Waals surface area contributed by atoms with Crippen LogP contribution in [0.3, 0.4) is 0 Å². The molecular formula is C13H15Br2NO2S. The van der Waals surface area contributed by atoms with E-state index in [1.807, 2.05) is 0 Å². The van der Waals surface area contributed by atoms with E-state index in [0.717, 1.165) is 23.7 Å². The zero-order valence-electron chi connectivity index (χ0n) is 10.3. The minimum atomic E-state index is -3.46. The topological polar surface area (TPSA) is 46.2 Å². The lowest BCUT2D eigenvalue weighted by molar-refractivity contribution is 0.468. The van der Waals surface area contributed by atoms with Gasteiger partial charge in [0.2, 0.25) is 10.0 Å². The highest BCUT2D eigenvalue weighted by atomic mass is 79.9. The molecule has 6 heteroatoms. The zero-order chi connectivity index (χ0) is 13.9. The van der Waals surface area contributed by atoms with Crippen molar-refractivity contribution in [2.75, 3.05) is 6.54 Å². The summed E-state index contributed by atoms with van der Waals surface area (Å²) in [5.41, 5.74) is 0. The Balaban J connectivity index is 2.09. The molecule has 1 N–H and O–H groups in total. The van der Waals surface area contributed by atoms with Crippen LogP contribution in [0.2, 0.25) is 0 Å². The molecule has 1 aliphatic carbocycles. The van der Waals surface area contributed by atoms with Gasteiger partial charge in [0.05, 0.1) is 4.90 Å². The van der Waals surface area contributed by atoms with Crippen LogP contribution in [0.4, 0.5) is 0 Å². The van der Waals surface area contributed by atoms with E-state index < -0.39 is 10.0 Å². The smallest absolute Gasteiger partial charge is 0.211 e. The van der Waals surface area contributed by atoms with Crippen molar-refractivity contribution in [2.24, 2.45) is 5.92 Å². The molecule has 1 unspecified atom stereocenters. The molecule has 0 saturated heterocycles. The summed E-state index contributed by atoms with van der Waals surface area (Å²) in [4.78, 5) is 0.272. The first-order valence-electron chi connectivity index (χ1n) is 6.09. The summed E-state index contributed by atoms with van der Waals surface area (Å²) in [6.45, 7) is 0.492. The summed E-state index contributed by atoms with van der Waals surface area (Å²) < 4.78 is 28.6. The molecular weight excluding hydrogens is 394 g/mol. The average molecular weight is 409 g/mol. The number of nitrogens with one attached hydrogen (secondary N) is 1. The van der Waals surface area contributed by atoms with Crippen LogP contribution in [0.25, 0.3) is 0 Å². The Morgan fingerprint density at radius 2 is 2.05 bits per heavy atom. The maximum absolute atomic E-state index is 12.3. The fourth-order valence-electron chi connectivity index (χ4n) is 2.03. The third-order valence-electron chi connectivity index (χ3n) is 3.12. The van der Waals surface area contributed by atoms with E-state index in [-0.39, 0.29) is 4.90 Å². The molecule has 2 rings (SSSR count). The van der Waals surface area contributed by atoms with E-state index in [1.54, 1.807) is 18.2 Å². The first kappa shape index (κ1) is 15.2. The molecule has 0 amide bonds. The lowest BCUT2D eigenvalue weighted by Crippen LogP contribution is -2.30. The number of hydrogen-bond acceptors (Lipinski definition) is 2. The maximum Gasteiger partial charge on any atom is 0.241 e. The molecule has 0 radical (unpaired) electrons. The van der Waals surface area contributed by atoms with E-state index in [1.165, 1.54) is 0 Å². The summed E-state index contributed by atoms with van der Waals surface area (Å²) in [6.07, 6.45) is 7.29. The molecule has 0 bridgehead atoms. The van der Waals surface area contributed by atoms with Crippen molar-refractivity contribution < 1.29 is 8.42 Å². The second-order valence-electron chi connectivity index (χ2n) is 4.58. The highest BCUT2D eigenvalue weighted by Crippen LogP contribution is 2.26. The van der Waals surface area contributed by atoms with Gasteiger partial charge in [-0.1, -0.05) is 28.1 Å². The van der Waals surface area contributed by atoms with Crippen LogP contribution in [0, 0.1) is 5.92 Å². The predicted octanol–water partition coefficient (Wildman–Crippen LogP) is 3.85. The second-order valence-corrected chi connectivity index (χ2v) is 8.08. The molecule has 1 atom stereocenters. The van der Waals surface area contributed by atoms with Crippen molar-refractivity contribution in [1.82, 2.24) is 4.72 Å². The molecule has 1 aliphatic rings. The monoisotopic (exact) mass is 407 g/mol. The first-order chi connectivity index (χ1) is 8.99. The van der Waals surface area contributed by atoms with Crippen molar-refractivity contribution in [3.8, 4) is 0 Å². The number of allylic oxidation sites excluding steroid dienone is 2. The van der Waals surface area contributed by atoms with Crippen LogP contribution in [-0.4, -0.2) is 15.0 Å². The Bertz CT molecular complexity index is 584. The fourth-order valence-corrected chi connectivity index (χ4v) is 4.65. The maximum atomic E-state index is 12.3. The molecule has 0 spiro atoms. The van der Waals surface area contributed by atoms with Crippen molar-refractivity contribution in [3.05, 3.63) is 39.3 Å². The minimum Gasteiger partial charge on any atom is -0.211 e. The largest absolute Gasteiger partial charge is 0.241 e. The normalized spacial score (nSPS) is 19.6. The number of sulfonamides is 1. The molecule has 0 aromatic heterocycles. The third-order valence-corrected chi connectivity index (χ3v) is 6.03. The van der Waals surface area contributed by atoms with Crippen molar-refractivity contribution in [2.45, 2.75) is 24.2 Å². The van der Waals surface area contributed by atoms with Gasteiger partial charge in [0.25, 0.3) is 0 Å². The summed E-state index contributed by atoms with van der Waals surface area (Å²) in [6, 6.07) is 5.13. The summed E-state index contributed by atoms with van der Waals surface area (Å²) in [5, 5.41) is 0. The SMILES string of the molecule is O=S(=O)(NCC1CC=CCC1)c1cc(Br)ccc1Br. The Kier molecular flexibility index (Phi) is 5.22. The average Bonchev–Trinajstić information content (AvgIpc) is 2.40. The Hall–Kier alpha value is -0.170. The molecule has 0 heterocycles. The van der Waals surface area contributed by atoms with Crippen LogP contribution >= 0.6 is 31.9 Å². The molecule has 19 heavy (non-hydrogen) atoms. The van der Waals surface area contributed by atoms with E-state index >= 15 is 0 Å². The van der Waals surface area contributed by atoms with Gasteiger partial charge in [-0.05, 0) is 59.3 Å². The summed E-state index contributed by atoms with van der Waals surface area (Å²) in [7, 11) is -3.46. The van der Waals surface area contributed by atoms with Gasteiger partial charge in [0.15, 0.2) is 0 Å².